The minimum absolute atomic E-state index is 0.213. The fraction of sp³-hybridized carbons (Fsp3) is 0.500. The largest absolute Gasteiger partial charge is 0.370 e. The van der Waals surface area contributed by atoms with Crippen molar-refractivity contribution in [2.45, 2.75) is 44.4 Å². The van der Waals surface area contributed by atoms with Crippen LogP contribution in [0, 0.1) is 9.62 Å². The summed E-state index contributed by atoms with van der Waals surface area (Å²) in [4.78, 5) is 25.3. The summed E-state index contributed by atoms with van der Waals surface area (Å²) < 4.78 is 0.944. The molecule has 0 saturated heterocycles. The fourth-order valence-electron chi connectivity index (χ4n) is 3.19. The second kappa shape index (κ2) is 9.02. The van der Waals surface area contributed by atoms with Crippen LogP contribution in [0.2, 0.25) is 0 Å². The Kier molecular flexibility index (Phi) is 6.23. The zero-order valence-corrected chi connectivity index (χ0v) is 17.9. The number of halogens is 1. The van der Waals surface area contributed by atoms with E-state index in [0.717, 1.165) is 41.0 Å². The van der Waals surface area contributed by atoms with E-state index in [1.165, 1.54) is 24.8 Å². The number of hydrogen-bond donors (Lipinski definition) is 3. The van der Waals surface area contributed by atoms with Gasteiger partial charge in [0.2, 0.25) is 11.9 Å². The number of pyridine rings is 1. The zero-order chi connectivity index (χ0) is 19.3. The summed E-state index contributed by atoms with van der Waals surface area (Å²) in [6.45, 7) is 1.47. The monoisotopic (exact) mass is 492 g/mol. The lowest BCUT2D eigenvalue weighted by molar-refractivity contribution is -0.127. The Morgan fingerprint density at radius 1 is 1.11 bits per heavy atom. The maximum atomic E-state index is 11.9. The van der Waals surface area contributed by atoms with Gasteiger partial charge in [-0.05, 0) is 72.7 Å². The number of rotatable bonds is 9. The molecule has 0 bridgehead atoms. The van der Waals surface area contributed by atoms with Crippen molar-refractivity contribution in [2.24, 2.45) is 5.92 Å². The molecule has 0 aromatic carbocycles. The standard InChI is InChI=1S/C20H25IN6O/c21-17-8-7-15(11-24-17)26-20-25-12-16(13-5-6-13)18(27-20)22-9-2-10-23-19(28)14-3-1-4-14/h7-8,11-14H,1-6,9-10H2,(H,23,28)(H2,22,25,26,27). The van der Waals surface area contributed by atoms with Gasteiger partial charge in [0.1, 0.15) is 9.52 Å². The molecule has 1 amide bonds. The maximum absolute atomic E-state index is 11.9. The fourth-order valence-corrected chi connectivity index (χ4v) is 3.51. The molecule has 0 spiro atoms. The average molecular weight is 492 g/mol. The number of anilines is 3. The number of carbonyl (C=O) groups is 1. The molecule has 4 rings (SSSR count). The van der Waals surface area contributed by atoms with Crippen LogP contribution in [0.1, 0.15) is 50.0 Å². The highest BCUT2D eigenvalue weighted by molar-refractivity contribution is 14.1. The molecule has 2 heterocycles. The van der Waals surface area contributed by atoms with Crippen molar-refractivity contribution in [3.63, 3.8) is 0 Å². The lowest BCUT2D eigenvalue weighted by Crippen LogP contribution is -2.35. The topological polar surface area (TPSA) is 91.8 Å². The number of amides is 1. The van der Waals surface area contributed by atoms with Gasteiger partial charge in [-0.15, -0.1) is 0 Å². The molecule has 3 N–H and O–H groups in total. The van der Waals surface area contributed by atoms with Gasteiger partial charge >= 0.3 is 0 Å². The van der Waals surface area contributed by atoms with Crippen molar-refractivity contribution < 1.29 is 4.79 Å². The molecule has 0 radical (unpaired) electrons. The summed E-state index contributed by atoms with van der Waals surface area (Å²) in [6, 6.07) is 3.91. The van der Waals surface area contributed by atoms with Crippen molar-refractivity contribution in [1.29, 1.82) is 0 Å². The predicted octanol–water partition coefficient (Wildman–Crippen LogP) is 3.82. The Morgan fingerprint density at radius 2 is 1.96 bits per heavy atom. The first-order valence-corrected chi connectivity index (χ1v) is 11.0. The van der Waals surface area contributed by atoms with Crippen LogP contribution in [0.5, 0.6) is 0 Å². The van der Waals surface area contributed by atoms with Gasteiger partial charge in [-0.3, -0.25) is 4.79 Å². The molecular weight excluding hydrogens is 467 g/mol. The number of aromatic nitrogens is 3. The minimum Gasteiger partial charge on any atom is -0.370 e. The van der Waals surface area contributed by atoms with Gasteiger partial charge in [0, 0.05) is 30.8 Å². The van der Waals surface area contributed by atoms with Crippen molar-refractivity contribution in [1.82, 2.24) is 20.3 Å². The van der Waals surface area contributed by atoms with Gasteiger partial charge in [0.25, 0.3) is 0 Å². The van der Waals surface area contributed by atoms with E-state index < -0.39 is 0 Å². The quantitative estimate of drug-likeness (QED) is 0.280. The van der Waals surface area contributed by atoms with Gasteiger partial charge in [-0.1, -0.05) is 6.42 Å². The van der Waals surface area contributed by atoms with Gasteiger partial charge in [0.05, 0.1) is 11.9 Å². The van der Waals surface area contributed by atoms with E-state index in [1.807, 2.05) is 18.3 Å². The van der Waals surface area contributed by atoms with Gasteiger partial charge < -0.3 is 16.0 Å². The van der Waals surface area contributed by atoms with Crippen LogP contribution < -0.4 is 16.0 Å². The SMILES string of the molecule is O=C(NCCCNc1nc(Nc2ccc(I)nc2)ncc1C1CC1)C1CCC1. The Hall–Kier alpha value is -1.97. The molecule has 2 saturated carbocycles. The second-order valence-corrected chi connectivity index (χ2v) is 8.57. The third-order valence-electron chi connectivity index (χ3n) is 5.24. The van der Waals surface area contributed by atoms with Gasteiger partial charge in [-0.25, -0.2) is 9.97 Å². The predicted molar refractivity (Wildman–Crippen MR) is 118 cm³/mol. The Morgan fingerprint density at radius 3 is 2.64 bits per heavy atom. The molecule has 28 heavy (non-hydrogen) atoms. The molecule has 2 aromatic heterocycles. The van der Waals surface area contributed by atoms with Crippen molar-refractivity contribution in [3.05, 3.63) is 33.8 Å². The first-order valence-electron chi connectivity index (χ1n) is 9.96. The molecule has 2 aliphatic rings. The molecule has 8 heteroatoms. The van der Waals surface area contributed by atoms with Crippen LogP contribution >= 0.6 is 22.6 Å². The first kappa shape index (κ1) is 19.4. The highest BCUT2D eigenvalue weighted by Gasteiger charge is 2.27. The molecule has 2 fully saturated rings. The Bertz CT molecular complexity index is 820. The molecule has 2 aromatic rings. The maximum Gasteiger partial charge on any atom is 0.229 e. The van der Waals surface area contributed by atoms with Crippen LogP contribution in [0.3, 0.4) is 0 Å². The summed E-state index contributed by atoms with van der Waals surface area (Å²) in [5.74, 6) is 2.48. The number of nitrogens with zero attached hydrogens (tertiary/aromatic N) is 3. The average Bonchev–Trinajstić information content (AvgIpc) is 3.47. The second-order valence-electron chi connectivity index (χ2n) is 7.47. The van der Waals surface area contributed by atoms with Gasteiger partial charge in [-0.2, -0.15) is 4.98 Å². The summed E-state index contributed by atoms with van der Waals surface area (Å²) in [5.41, 5.74) is 2.05. The smallest absolute Gasteiger partial charge is 0.229 e. The van der Waals surface area contributed by atoms with Crippen LogP contribution in [0.25, 0.3) is 0 Å². The lowest BCUT2D eigenvalue weighted by atomic mass is 9.85. The summed E-state index contributed by atoms with van der Waals surface area (Å²) in [6.07, 6.45) is 10.2. The van der Waals surface area contributed by atoms with E-state index in [2.05, 4.69) is 53.5 Å². The summed E-state index contributed by atoms with van der Waals surface area (Å²) in [5, 5.41) is 9.69. The summed E-state index contributed by atoms with van der Waals surface area (Å²) in [7, 11) is 0. The van der Waals surface area contributed by atoms with Crippen LogP contribution in [0.4, 0.5) is 17.5 Å². The first-order chi connectivity index (χ1) is 13.7. The highest BCUT2D eigenvalue weighted by atomic mass is 127. The molecule has 2 aliphatic carbocycles. The highest BCUT2D eigenvalue weighted by Crippen LogP contribution is 2.42. The molecule has 7 nitrogen and oxygen atoms in total. The van der Waals surface area contributed by atoms with E-state index >= 15 is 0 Å². The van der Waals surface area contributed by atoms with Crippen molar-refractivity contribution in [2.75, 3.05) is 23.7 Å². The Balaban J connectivity index is 1.32. The molecular formula is C20H25IN6O. The molecule has 0 aliphatic heterocycles. The number of hydrogen-bond acceptors (Lipinski definition) is 6. The summed E-state index contributed by atoms with van der Waals surface area (Å²) >= 11 is 2.18. The van der Waals surface area contributed by atoms with Gasteiger partial charge in [0.15, 0.2) is 0 Å². The van der Waals surface area contributed by atoms with Crippen LogP contribution in [-0.4, -0.2) is 33.9 Å². The number of carbonyl (C=O) groups excluding carboxylic acids is 1. The minimum atomic E-state index is 0.213. The van der Waals surface area contributed by atoms with E-state index in [4.69, 9.17) is 0 Å². The normalized spacial score (nSPS) is 16.3. The van der Waals surface area contributed by atoms with E-state index in [-0.39, 0.29) is 11.8 Å². The van der Waals surface area contributed by atoms with E-state index in [0.29, 0.717) is 18.4 Å². The third-order valence-corrected chi connectivity index (χ3v) is 5.88. The number of nitrogens with one attached hydrogen (secondary N) is 3. The van der Waals surface area contributed by atoms with Crippen molar-refractivity contribution in [3.8, 4) is 0 Å². The third kappa shape index (κ3) is 5.09. The molecule has 0 atom stereocenters. The Labute approximate surface area is 178 Å². The molecule has 0 unspecified atom stereocenters. The van der Waals surface area contributed by atoms with Crippen LogP contribution in [0.15, 0.2) is 24.5 Å². The van der Waals surface area contributed by atoms with Crippen LogP contribution in [-0.2, 0) is 4.79 Å². The zero-order valence-electron chi connectivity index (χ0n) is 15.7. The lowest BCUT2D eigenvalue weighted by Gasteiger charge is -2.24. The van der Waals surface area contributed by atoms with E-state index in [1.54, 1.807) is 6.20 Å². The molecule has 148 valence electrons. The van der Waals surface area contributed by atoms with Crippen molar-refractivity contribution >= 4 is 46.0 Å². The van der Waals surface area contributed by atoms with E-state index in [9.17, 15) is 4.79 Å².